The quantitative estimate of drug-likeness (QED) is 0.780. The maximum absolute atomic E-state index is 11.9. The Morgan fingerprint density at radius 1 is 1.19 bits per heavy atom. The molecule has 3 rings (SSSR count). The summed E-state index contributed by atoms with van der Waals surface area (Å²) in [5.74, 6) is 0.230. The van der Waals surface area contributed by atoms with E-state index in [0.29, 0.717) is 30.4 Å². The van der Waals surface area contributed by atoms with Gasteiger partial charge in [-0.25, -0.2) is 9.59 Å². The molecular weight excluding hydrogens is 276 g/mol. The highest BCUT2D eigenvalue weighted by Crippen LogP contribution is 2.34. The first-order valence-corrected chi connectivity index (χ1v) is 6.83. The fourth-order valence-electron chi connectivity index (χ4n) is 2.24. The highest BCUT2D eigenvalue weighted by molar-refractivity contribution is 5.92. The molecule has 0 bridgehead atoms. The van der Waals surface area contributed by atoms with Gasteiger partial charge >= 0.3 is 12.0 Å². The lowest BCUT2D eigenvalue weighted by molar-refractivity contribution is -0.139. The maximum Gasteiger partial charge on any atom is 0.326 e. The second-order valence-corrected chi connectivity index (χ2v) is 5.11. The Balaban J connectivity index is 1.63. The van der Waals surface area contributed by atoms with E-state index in [1.807, 2.05) is 0 Å². The summed E-state index contributed by atoms with van der Waals surface area (Å²) in [6.07, 6.45) is 1.67. The van der Waals surface area contributed by atoms with Gasteiger partial charge in [0, 0.05) is 11.8 Å². The first kappa shape index (κ1) is 13.5. The minimum atomic E-state index is -1.00. The van der Waals surface area contributed by atoms with E-state index in [4.69, 9.17) is 14.6 Å². The Labute approximate surface area is 121 Å². The number of ether oxygens (including phenoxy) is 2. The molecule has 0 radical (unpaired) electrons. The lowest BCUT2D eigenvalue weighted by Gasteiger charge is -2.19. The second-order valence-electron chi connectivity index (χ2n) is 5.11. The van der Waals surface area contributed by atoms with Gasteiger partial charge < -0.3 is 25.2 Å². The number of rotatable bonds is 4. The predicted molar refractivity (Wildman–Crippen MR) is 73.7 cm³/mol. The van der Waals surface area contributed by atoms with E-state index in [1.54, 1.807) is 18.2 Å². The van der Waals surface area contributed by atoms with Crippen molar-refractivity contribution in [1.82, 2.24) is 5.32 Å². The summed E-state index contributed by atoms with van der Waals surface area (Å²) in [7, 11) is 0. The molecule has 1 aliphatic carbocycles. The number of hydrogen-bond acceptors (Lipinski definition) is 4. The molecule has 7 heteroatoms. The van der Waals surface area contributed by atoms with Crippen LogP contribution in [-0.4, -0.2) is 36.4 Å². The van der Waals surface area contributed by atoms with Gasteiger partial charge in [0.2, 0.25) is 0 Å². The molecule has 21 heavy (non-hydrogen) atoms. The van der Waals surface area contributed by atoms with Gasteiger partial charge in [-0.05, 0) is 30.9 Å². The molecule has 1 saturated carbocycles. The molecule has 7 nitrogen and oxygen atoms in total. The van der Waals surface area contributed by atoms with Crippen molar-refractivity contribution in [3.63, 3.8) is 0 Å². The third-order valence-electron chi connectivity index (χ3n) is 3.45. The van der Waals surface area contributed by atoms with Crippen molar-refractivity contribution in [2.45, 2.75) is 18.9 Å². The Bertz CT molecular complexity index is 570. The first-order chi connectivity index (χ1) is 10.1. The number of hydrogen-bond donors (Lipinski definition) is 3. The third-order valence-corrected chi connectivity index (χ3v) is 3.45. The number of aliphatic carboxylic acids is 1. The summed E-state index contributed by atoms with van der Waals surface area (Å²) in [5, 5.41) is 14.2. The zero-order valence-electron chi connectivity index (χ0n) is 11.3. The van der Waals surface area contributed by atoms with E-state index in [1.165, 1.54) is 0 Å². The average molecular weight is 292 g/mol. The van der Waals surface area contributed by atoms with Crippen LogP contribution in [0.4, 0.5) is 10.5 Å². The number of carboxylic acid groups (broad SMARTS) is 1. The van der Waals surface area contributed by atoms with Crippen molar-refractivity contribution >= 4 is 17.7 Å². The molecule has 2 aliphatic rings. The van der Waals surface area contributed by atoms with Gasteiger partial charge in [0.05, 0.1) is 0 Å². The van der Waals surface area contributed by atoms with E-state index in [0.717, 1.165) is 12.8 Å². The smallest absolute Gasteiger partial charge is 0.326 e. The van der Waals surface area contributed by atoms with Crippen LogP contribution in [0.5, 0.6) is 11.5 Å². The molecule has 2 amide bonds. The number of urea groups is 1. The van der Waals surface area contributed by atoms with Crippen LogP contribution in [0.2, 0.25) is 0 Å². The second kappa shape index (κ2) is 5.51. The number of carboxylic acids is 1. The van der Waals surface area contributed by atoms with Crippen molar-refractivity contribution < 1.29 is 24.2 Å². The summed E-state index contributed by atoms with van der Waals surface area (Å²) in [6, 6.07) is 3.67. The van der Waals surface area contributed by atoms with E-state index < -0.39 is 18.0 Å². The zero-order chi connectivity index (χ0) is 14.8. The van der Waals surface area contributed by atoms with Crippen LogP contribution in [0, 0.1) is 5.92 Å². The Hall–Kier alpha value is -2.44. The molecule has 0 spiro atoms. The van der Waals surface area contributed by atoms with Gasteiger partial charge in [0.25, 0.3) is 0 Å². The molecule has 1 unspecified atom stereocenters. The zero-order valence-corrected chi connectivity index (χ0v) is 11.3. The molecule has 0 aromatic heterocycles. The fraction of sp³-hybridized carbons (Fsp3) is 0.429. The molecule has 1 aromatic carbocycles. The van der Waals surface area contributed by atoms with E-state index in [9.17, 15) is 9.59 Å². The Morgan fingerprint density at radius 3 is 2.57 bits per heavy atom. The minimum Gasteiger partial charge on any atom is -0.486 e. The number of nitrogens with one attached hydrogen (secondary N) is 2. The van der Waals surface area contributed by atoms with E-state index >= 15 is 0 Å². The third kappa shape index (κ3) is 3.18. The Kier molecular flexibility index (Phi) is 3.55. The van der Waals surface area contributed by atoms with Gasteiger partial charge in [-0.3, -0.25) is 0 Å². The summed E-state index contributed by atoms with van der Waals surface area (Å²) in [4.78, 5) is 23.0. The standard InChI is InChI=1S/C14H16N2O5/c17-13(18)12(8-1-2-8)16-14(19)15-9-3-4-10-11(7-9)21-6-5-20-10/h3-4,7-8,12H,1-2,5-6H2,(H,17,18)(H2,15,16,19). The number of amides is 2. The highest BCUT2D eigenvalue weighted by atomic mass is 16.6. The summed E-state index contributed by atoms with van der Waals surface area (Å²) in [5.41, 5.74) is 0.525. The average Bonchev–Trinajstić information content (AvgIpc) is 3.29. The van der Waals surface area contributed by atoms with E-state index in [2.05, 4.69) is 10.6 Å². The van der Waals surface area contributed by atoms with Crippen molar-refractivity contribution in [1.29, 1.82) is 0 Å². The van der Waals surface area contributed by atoms with Gasteiger partial charge in [0.1, 0.15) is 19.3 Å². The number of anilines is 1. The van der Waals surface area contributed by atoms with Crippen LogP contribution in [0.15, 0.2) is 18.2 Å². The van der Waals surface area contributed by atoms with Crippen LogP contribution in [-0.2, 0) is 4.79 Å². The summed E-state index contributed by atoms with van der Waals surface area (Å²) in [6.45, 7) is 0.966. The lowest BCUT2D eigenvalue weighted by Crippen LogP contribution is -2.44. The van der Waals surface area contributed by atoms with Crippen molar-refractivity contribution in [3.8, 4) is 11.5 Å². The number of benzene rings is 1. The van der Waals surface area contributed by atoms with Crippen molar-refractivity contribution in [2.24, 2.45) is 5.92 Å². The minimum absolute atomic E-state index is 0.0357. The number of carbonyl (C=O) groups excluding carboxylic acids is 1. The van der Waals surface area contributed by atoms with Crippen LogP contribution in [0.25, 0.3) is 0 Å². The number of carbonyl (C=O) groups is 2. The molecule has 3 N–H and O–H groups in total. The molecule has 0 saturated heterocycles. The van der Waals surface area contributed by atoms with Crippen molar-refractivity contribution in [3.05, 3.63) is 18.2 Å². The van der Waals surface area contributed by atoms with Crippen molar-refractivity contribution in [2.75, 3.05) is 18.5 Å². The highest BCUT2D eigenvalue weighted by Gasteiger charge is 2.37. The SMILES string of the molecule is O=C(Nc1ccc2c(c1)OCCO2)NC(C(=O)O)C1CC1. The molecule has 1 aromatic rings. The fourth-order valence-corrected chi connectivity index (χ4v) is 2.24. The van der Waals surface area contributed by atoms with Crippen LogP contribution in [0.3, 0.4) is 0 Å². The molecule has 1 aliphatic heterocycles. The summed E-state index contributed by atoms with van der Waals surface area (Å²) < 4.78 is 10.8. The van der Waals surface area contributed by atoms with Crippen LogP contribution < -0.4 is 20.1 Å². The molecule has 1 atom stereocenters. The topological polar surface area (TPSA) is 96.9 Å². The molecule has 112 valence electrons. The Morgan fingerprint density at radius 2 is 1.90 bits per heavy atom. The van der Waals surface area contributed by atoms with Crippen LogP contribution in [0.1, 0.15) is 12.8 Å². The summed E-state index contributed by atoms with van der Waals surface area (Å²) >= 11 is 0. The van der Waals surface area contributed by atoms with Crippen LogP contribution >= 0.6 is 0 Å². The normalized spacial score (nSPS) is 17.7. The lowest BCUT2D eigenvalue weighted by atomic mass is 10.2. The van der Waals surface area contributed by atoms with E-state index in [-0.39, 0.29) is 5.92 Å². The van der Waals surface area contributed by atoms with Gasteiger partial charge in [-0.2, -0.15) is 0 Å². The largest absolute Gasteiger partial charge is 0.486 e. The predicted octanol–water partition coefficient (Wildman–Crippen LogP) is 1.44. The molecule has 1 heterocycles. The monoisotopic (exact) mass is 292 g/mol. The van der Waals surface area contributed by atoms with Gasteiger partial charge in [0.15, 0.2) is 11.5 Å². The maximum atomic E-state index is 11.9. The van der Waals surface area contributed by atoms with Gasteiger partial charge in [-0.15, -0.1) is 0 Å². The molecule has 1 fully saturated rings. The number of fused-ring (bicyclic) bond motifs is 1. The first-order valence-electron chi connectivity index (χ1n) is 6.83. The van der Waals surface area contributed by atoms with Gasteiger partial charge in [-0.1, -0.05) is 0 Å². The molecular formula is C14H16N2O5.